The molecule has 2 saturated heterocycles. The largest absolute Gasteiger partial charge is 0.361 e. The van der Waals surface area contributed by atoms with E-state index < -0.39 is 0 Å². The van der Waals surface area contributed by atoms with Crippen molar-refractivity contribution in [1.29, 1.82) is 0 Å². The van der Waals surface area contributed by atoms with Crippen LogP contribution in [0.15, 0.2) is 24.3 Å². The second-order valence-electron chi connectivity index (χ2n) is 8.66. The lowest BCUT2D eigenvalue weighted by atomic mass is 9.92. The van der Waals surface area contributed by atoms with Gasteiger partial charge >= 0.3 is 0 Å². The highest BCUT2D eigenvalue weighted by Crippen LogP contribution is 2.44. The van der Waals surface area contributed by atoms with Crippen LogP contribution in [0.1, 0.15) is 58.8 Å². The van der Waals surface area contributed by atoms with E-state index in [1.54, 1.807) is 12.1 Å². The molecule has 1 aromatic rings. The molecular formula is C21H29FN2O. The maximum atomic E-state index is 13.8. The molecule has 2 atom stereocenters. The Morgan fingerprint density at radius 1 is 1.12 bits per heavy atom. The van der Waals surface area contributed by atoms with Crippen molar-refractivity contribution in [3.05, 3.63) is 30.1 Å². The Morgan fingerprint density at radius 2 is 1.88 bits per heavy atom. The fourth-order valence-electron chi connectivity index (χ4n) is 5.49. The number of hydrogen-bond acceptors (Lipinski definition) is 2. The van der Waals surface area contributed by atoms with Crippen LogP contribution in [0.3, 0.4) is 0 Å². The van der Waals surface area contributed by atoms with E-state index in [2.05, 4.69) is 23.6 Å². The Hall–Kier alpha value is -1.58. The number of hydrogen-bond donors (Lipinski definition) is 0. The van der Waals surface area contributed by atoms with Crippen molar-refractivity contribution in [3.8, 4) is 0 Å². The van der Waals surface area contributed by atoms with E-state index in [9.17, 15) is 9.18 Å². The SMILES string of the molecule is CC1(C)C[C@H]2[C@H](CCCN2C(=O)C2CCCC2)N1c1cccc(F)c1. The van der Waals surface area contributed by atoms with Crippen LogP contribution in [0, 0.1) is 11.7 Å². The molecule has 3 nitrogen and oxygen atoms in total. The average molecular weight is 344 g/mol. The quantitative estimate of drug-likeness (QED) is 0.796. The summed E-state index contributed by atoms with van der Waals surface area (Å²) < 4.78 is 13.8. The molecule has 4 rings (SSSR count). The molecule has 0 spiro atoms. The first kappa shape index (κ1) is 16.9. The molecular weight excluding hydrogens is 315 g/mol. The van der Waals surface area contributed by atoms with Gasteiger partial charge in [-0.25, -0.2) is 4.39 Å². The number of halogens is 1. The van der Waals surface area contributed by atoms with Gasteiger partial charge in [-0.15, -0.1) is 0 Å². The zero-order chi connectivity index (χ0) is 17.6. The van der Waals surface area contributed by atoms with E-state index in [-0.39, 0.29) is 23.3 Å². The minimum Gasteiger partial charge on any atom is -0.361 e. The summed E-state index contributed by atoms with van der Waals surface area (Å²) in [7, 11) is 0. The van der Waals surface area contributed by atoms with Crippen LogP contribution in [0.4, 0.5) is 10.1 Å². The normalized spacial score (nSPS) is 29.1. The molecule has 0 radical (unpaired) electrons. The van der Waals surface area contributed by atoms with Gasteiger partial charge in [-0.3, -0.25) is 4.79 Å². The number of fused-ring (bicyclic) bond motifs is 1. The highest BCUT2D eigenvalue weighted by Gasteiger charge is 2.51. The Kier molecular flexibility index (Phi) is 4.25. The number of carbonyl (C=O) groups excluding carboxylic acids is 1. The van der Waals surface area contributed by atoms with Crippen molar-refractivity contribution in [2.75, 3.05) is 11.4 Å². The molecule has 0 unspecified atom stereocenters. The molecule has 2 heterocycles. The third-order valence-corrected chi connectivity index (χ3v) is 6.51. The van der Waals surface area contributed by atoms with Gasteiger partial charge in [0.25, 0.3) is 0 Å². The van der Waals surface area contributed by atoms with E-state index in [1.165, 1.54) is 18.9 Å². The number of likely N-dealkylation sites (tertiary alicyclic amines) is 1. The molecule has 136 valence electrons. The number of piperidine rings is 1. The fourth-order valence-corrected chi connectivity index (χ4v) is 5.49. The average Bonchev–Trinajstić information content (AvgIpc) is 3.18. The minimum absolute atomic E-state index is 0.0678. The van der Waals surface area contributed by atoms with Crippen LogP contribution < -0.4 is 4.90 Å². The van der Waals surface area contributed by atoms with E-state index in [0.717, 1.165) is 44.3 Å². The first-order valence-corrected chi connectivity index (χ1v) is 9.83. The second-order valence-corrected chi connectivity index (χ2v) is 8.66. The first-order valence-electron chi connectivity index (χ1n) is 9.83. The van der Waals surface area contributed by atoms with Gasteiger partial charge < -0.3 is 9.80 Å². The van der Waals surface area contributed by atoms with E-state index >= 15 is 0 Å². The molecule has 1 saturated carbocycles. The predicted molar refractivity (Wildman–Crippen MR) is 98.1 cm³/mol. The lowest BCUT2D eigenvalue weighted by Gasteiger charge is -2.43. The summed E-state index contributed by atoms with van der Waals surface area (Å²) in [6.07, 6.45) is 7.60. The van der Waals surface area contributed by atoms with Crippen LogP contribution in [0.5, 0.6) is 0 Å². The molecule has 1 aromatic carbocycles. The summed E-state index contributed by atoms with van der Waals surface area (Å²) in [4.78, 5) is 17.7. The maximum Gasteiger partial charge on any atom is 0.226 e. The third kappa shape index (κ3) is 2.94. The number of rotatable bonds is 2. The zero-order valence-corrected chi connectivity index (χ0v) is 15.4. The van der Waals surface area contributed by atoms with Crippen LogP contribution >= 0.6 is 0 Å². The van der Waals surface area contributed by atoms with Crippen molar-refractivity contribution in [3.63, 3.8) is 0 Å². The number of carbonyl (C=O) groups is 1. The lowest BCUT2D eigenvalue weighted by molar-refractivity contribution is -0.139. The fraction of sp³-hybridized carbons (Fsp3) is 0.667. The highest BCUT2D eigenvalue weighted by atomic mass is 19.1. The van der Waals surface area contributed by atoms with Gasteiger partial charge in [0, 0.05) is 23.7 Å². The van der Waals surface area contributed by atoms with Gasteiger partial charge in [-0.05, 0) is 64.2 Å². The molecule has 3 fully saturated rings. The minimum atomic E-state index is -0.188. The molecule has 0 N–H and O–H groups in total. The summed E-state index contributed by atoms with van der Waals surface area (Å²) in [6.45, 7) is 5.35. The van der Waals surface area contributed by atoms with Crippen molar-refractivity contribution in [2.45, 2.75) is 76.4 Å². The third-order valence-electron chi connectivity index (χ3n) is 6.51. The molecule has 2 aliphatic heterocycles. The number of nitrogens with zero attached hydrogens (tertiary/aromatic N) is 2. The molecule has 3 aliphatic rings. The van der Waals surface area contributed by atoms with E-state index in [1.807, 2.05) is 6.07 Å². The van der Waals surface area contributed by atoms with Gasteiger partial charge in [-0.1, -0.05) is 18.9 Å². The highest BCUT2D eigenvalue weighted by molar-refractivity contribution is 5.80. The summed E-state index contributed by atoms with van der Waals surface area (Å²) in [6, 6.07) is 7.50. The monoisotopic (exact) mass is 344 g/mol. The second kappa shape index (κ2) is 6.30. The summed E-state index contributed by atoms with van der Waals surface area (Å²) in [5.41, 5.74) is 0.884. The van der Waals surface area contributed by atoms with Gasteiger partial charge in [0.05, 0.1) is 12.1 Å². The molecule has 1 aliphatic carbocycles. The maximum absolute atomic E-state index is 13.8. The number of benzene rings is 1. The predicted octanol–water partition coefficient (Wildman–Crippen LogP) is 4.36. The zero-order valence-electron chi connectivity index (χ0n) is 15.4. The van der Waals surface area contributed by atoms with Crippen molar-refractivity contribution >= 4 is 11.6 Å². The van der Waals surface area contributed by atoms with Crippen molar-refractivity contribution in [1.82, 2.24) is 4.90 Å². The van der Waals surface area contributed by atoms with Crippen LogP contribution in [0.25, 0.3) is 0 Å². The summed E-state index contributed by atoms with van der Waals surface area (Å²) in [5, 5.41) is 0. The lowest BCUT2D eigenvalue weighted by Crippen LogP contribution is -2.54. The van der Waals surface area contributed by atoms with Crippen LogP contribution in [0.2, 0.25) is 0 Å². The Balaban J connectivity index is 1.63. The molecule has 0 aromatic heterocycles. The Morgan fingerprint density at radius 3 is 2.60 bits per heavy atom. The molecule has 1 amide bonds. The van der Waals surface area contributed by atoms with E-state index in [4.69, 9.17) is 0 Å². The molecule has 4 heteroatoms. The first-order chi connectivity index (χ1) is 12.0. The topological polar surface area (TPSA) is 23.6 Å². The Labute approximate surface area is 150 Å². The van der Waals surface area contributed by atoms with Crippen molar-refractivity contribution < 1.29 is 9.18 Å². The Bertz CT molecular complexity index is 653. The standard InChI is InChI=1S/C21H29FN2O/c1-21(2)14-19-18(24(21)17-10-5-9-16(22)13-17)11-6-12-23(19)20(25)15-7-3-4-8-15/h5,9-10,13,15,18-19H,3-4,6-8,11-12,14H2,1-2H3/t18-,19-/m0/s1. The van der Waals surface area contributed by atoms with Crippen LogP contribution in [-0.4, -0.2) is 35.0 Å². The summed E-state index contributed by atoms with van der Waals surface area (Å²) >= 11 is 0. The molecule has 25 heavy (non-hydrogen) atoms. The summed E-state index contributed by atoms with van der Waals surface area (Å²) in [5.74, 6) is 0.431. The van der Waals surface area contributed by atoms with E-state index in [0.29, 0.717) is 11.9 Å². The molecule has 0 bridgehead atoms. The van der Waals surface area contributed by atoms with Gasteiger partial charge in [0.1, 0.15) is 5.82 Å². The van der Waals surface area contributed by atoms with Gasteiger partial charge in [0.15, 0.2) is 0 Å². The smallest absolute Gasteiger partial charge is 0.226 e. The van der Waals surface area contributed by atoms with Gasteiger partial charge in [0.2, 0.25) is 5.91 Å². The van der Waals surface area contributed by atoms with Crippen molar-refractivity contribution in [2.24, 2.45) is 5.92 Å². The van der Waals surface area contributed by atoms with Crippen LogP contribution in [-0.2, 0) is 4.79 Å². The number of amides is 1. The number of anilines is 1. The van der Waals surface area contributed by atoms with Gasteiger partial charge in [-0.2, -0.15) is 0 Å².